The van der Waals surface area contributed by atoms with Crippen LogP contribution in [0, 0.1) is 0 Å². The molecule has 0 aliphatic rings. The number of carbonyl (C=O) groups is 2. The topological polar surface area (TPSA) is 131 Å². The summed E-state index contributed by atoms with van der Waals surface area (Å²) in [6.45, 7) is 1.90. The molecule has 0 radical (unpaired) electrons. The van der Waals surface area contributed by atoms with E-state index in [4.69, 9.17) is 4.74 Å². The van der Waals surface area contributed by atoms with Gasteiger partial charge in [-0.15, -0.1) is 0 Å². The van der Waals surface area contributed by atoms with Crippen molar-refractivity contribution >= 4 is 11.9 Å². The fourth-order valence-electron chi connectivity index (χ4n) is 2.48. The van der Waals surface area contributed by atoms with Crippen molar-refractivity contribution in [2.75, 3.05) is 7.11 Å². The first kappa shape index (κ1) is 20.0. The molecule has 2 aromatic rings. The minimum Gasteiger partial charge on any atom is -0.505 e. The monoisotopic (exact) mass is 375 g/mol. The fourth-order valence-corrected chi connectivity index (χ4v) is 2.48. The normalized spacial score (nSPS) is 11.6. The minimum atomic E-state index is -1.19. The lowest BCUT2D eigenvalue weighted by Crippen LogP contribution is -2.41. The number of aromatic hydroxyl groups is 1. The predicted octanol–water partition coefficient (Wildman–Crippen LogP) is 1.32. The second-order valence-corrected chi connectivity index (χ2v) is 5.81. The Bertz CT molecular complexity index is 893. The molecular formula is C18H21N3O6. The second-order valence-electron chi connectivity index (χ2n) is 5.81. The Hall–Kier alpha value is -3.36. The first-order valence-electron chi connectivity index (χ1n) is 8.39. The van der Waals surface area contributed by atoms with E-state index in [-0.39, 0.29) is 12.1 Å². The van der Waals surface area contributed by atoms with Crippen LogP contribution in [-0.2, 0) is 4.79 Å². The van der Waals surface area contributed by atoms with Gasteiger partial charge in [-0.1, -0.05) is 31.9 Å². The summed E-state index contributed by atoms with van der Waals surface area (Å²) < 4.78 is 6.10. The highest BCUT2D eigenvalue weighted by atomic mass is 16.5. The molecule has 0 aliphatic carbocycles. The summed E-state index contributed by atoms with van der Waals surface area (Å²) in [5, 5.41) is 25.5. The summed E-state index contributed by atoms with van der Waals surface area (Å²) in [4.78, 5) is 36.0. The van der Waals surface area contributed by atoms with Gasteiger partial charge < -0.3 is 20.3 Å². The number of aliphatic carboxylic acids is 1. The number of carboxylic acids is 1. The van der Waals surface area contributed by atoms with Crippen LogP contribution in [0.1, 0.15) is 36.7 Å². The van der Waals surface area contributed by atoms with Crippen molar-refractivity contribution in [3.05, 3.63) is 46.4 Å². The van der Waals surface area contributed by atoms with Crippen molar-refractivity contribution < 1.29 is 24.5 Å². The van der Waals surface area contributed by atoms with Crippen molar-refractivity contribution in [2.24, 2.45) is 0 Å². The number of nitrogens with zero attached hydrogens (tertiary/aromatic N) is 2. The van der Waals surface area contributed by atoms with Gasteiger partial charge in [0.1, 0.15) is 17.5 Å². The van der Waals surface area contributed by atoms with E-state index < -0.39 is 34.9 Å². The predicted molar refractivity (Wildman–Crippen MR) is 96.5 cm³/mol. The summed E-state index contributed by atoms with van der Waals surface area (Å²) >= 11 is 0. The van der Waals surface area contributed by atoms with E-state index in [1.54, 1.807) is 24.3 Å². The van der Waals surface area contributed by atoms with Gasteiger partial charge >= 0.3 is 5.97 Å². The molecule has 27 heavy (non-hydrogen) atoms. The van der Waals surface area contributed by atoms with Gasteiger partial charge in [0.2, 0.25) is 0 Å². The van der Waals surface area contributed by atoms with Crippen molar-refractivity contribution in [3.63, 3.8) is 0 Å². The third-order valence-corrected chi connectivity index (χ3v) is 3.89. The summed E-state index contributed by atoms with van der Waals surface area (Å²) in [6.07, 6.45) is 1.61. The quantitative estimate of drug-likeness (QED) is 0.634. The van der Waals surface area contributed by atoms with Crippen LogP contribution in [0.2, 0.25) is 0 Å². The standard InChI is InChI=1S/C18H21N3O6/c1-3-4-7-11(18(25)26)19-17(24)16-13(22)10-15(23)21(20-16)12-8-5-6-9-14(12)27-2/h5-6,8-11,22H,3-4,7H2,1-2H3,(H,19,24)(H,25,26). The van der Waals surface area contributed by atoms with Gasteiger partial charge in [0.15, 0.2) is 11.4 Å². The zero-order chi connectivity index (χ0) is 20.0. The number of hydrogen-bond acceptors (Lipinski definition) is 6. The number of unbranched alkanes of at least 4 members (excludes halogenated alkanes) is 1. The third kappa shape index (κ3) is 4.63. The fraction of sp³-hybridized carbons (Fsp3) is 0.333. The van der Waals surface area contributed by atoms with E-state index in [1.807, 2.05) is 6.92 Å². The maximum Gasteiger partial charge on any atom is 0.326 e. The molecule has 2 rings (SSSR count). The van der Waals surface area contributed by atoms with Gasteiger partial charge in [-0.3, -0.25) is 9.59 Å². The van der Waals surface area contributed by atoms with Crippen LogP contribution in [0.15, 0.2) is 35.1 Å². The summed E-state index contributed by atoms with van der Waals surface area (Å²) in [5.41, 5.74) is -0.850. The van der Waals surface area contributed by atoms with Crippen molar-refractivity contribution in [3.8, 4) is 17.2 Å². The molecule has 0 saturated heterocycles. The van der Waals surface area contributed by atoms with Gasteiger partial charge in [-0.25, -0.2) is 4.79 Å². The first-order chi connectivity index (χ1) is 12.9. The highest BCUT2D eigenvalue weighted by Gasteiger charge is 2.24. The van der Waals surface area contributed by atoms with Crippen LogP contribution in [0.5, 0.6) is 11.5 Å². The average Bonchev–Trinajstić information content (AvgIpc) is 2.64. The molecule has 9 heteroatoms. The molecule has 1 atom stereocenters. The molecule has 144 valence electrons. The van der Waals surface area contributed by atoms with E-state index in [0.29, 0.717) is 12.2 Å². The van der Waals surface area contributed by atoms with Gasteiger partial charge in [0, 0.05) is 6.07 Å². The number of amides is 1. The molecule has 0 aliphatic heterocycles. The SMILES string of the molecule is CCCCC(NC(=O)c1nn(-c2ccccc2OC)c(=O)cc1O)C(=O)O. The zero-order valence-corrected chi connectivity index (χ0v) is 15.0. The van der Waals surface area contributed by atoms with Crippen molar-refractivity contribution in [1.29, 1.82) is 0 Å². The van der Waals surface area contributed by atoms with Gasteiger partial charge in [0.05, 0.1) is 7.11 Å². The largest absolute Gasteiger partial charge is 0.505 e. The maximum atomic E-state index is 12.4. The van der Waals surface area contributed by atoms with Crippen LogP contribution in [0.3, 0.4) is 0 Å². The van der Waals surface area contributed by atoms with Crippen molar-refractivity contribution in [2.45, 2.75) is 32.2 Å². The molecule has 1 aromatic heterocycles. The van der Waals surface area contributed by atoms with Gasteiger partial charge in [-0.05, 0) is 18.6 Å². The average molecular weight is 375 g/mol. The molecule has 0 fully saturated rings. The van der Waals surface area contributed by atoms with E-state index in [1.165, 1.54) is 7.11 Å². The van der Waals surface area contributed by atoms with Crippen LogP contribution < -0.4 is 15.6 Å². The second kappa shape index (κ2) is 8.84. The highest BCUT2D eigenvalue weighted by molar-refractivity contribution is 5.96. The molecule has 1 heterocycles. The number of carbonyl (C=O) groups excluding carboxylic acids is 1. The van der Waals surface area contributed by atoms with Crippen LogP contribution in [0.4, 0.5) is 0 Å². The van der Waals surface area contributed by atoms with Crippen molar-refractivity contribution in [1.82, 2.24) is 15.1 Å². The lowest BCUT2D eigenvalue weighted by Gasteiger charge is -2.15. The number of carboxylic acid groups (broad SMARTS) is 1. The molecule has 0 bridgehead atoms. The van der Waals surface area contributed by atoms with E-state index >= 15 is 0 Å². The van der Waals surface area contributed by atoms with Gasteiger partial charge in [-0.2, -0.15) is 9.78 Å². The summed E-state index contributed by atoms with van der Waals surface area (Å²) in [5.74, 6) is -2.37. The van der Waals surface area contributed by atoms with E-state index in [0.717, 1.165) is 17.2 Å². The maximum absolute atomic E-state index is 12.4. The zero-order valence-electron chi connectivity index (χ0n) is 15.0. The minimum absolute atomic E-state index is 0.241. The number of nitrogens with one attached hydrogen (secondary N) is 1. The molecule has 0 spiro atoms. The Labute approximate surface area is 155 Å². The third-order valence-electron chi connectivity index (χ3n) is 3.89. The van der Waals surface area contributed by atoms with Crippen LogP contribution in [0.25, 0.3) is 5.69 Å². The Morgan fingerprint density at radius 1 is 1.33 bits per heavy atom. The number of aromatic nitrogens is 2. The molecule has 9 nitrogen and oxygen atoms in total. The lowest BCUT2D eigenvalue weighted by molar-refractivity contribution is -0.139. The Balaban J connectivity index is 2.41. The molecular weight excluding hydrogens is 354 g/mol. The molecule has 3 N–H and O–H groups in total. The smallest absolute Gasteiger partial charge is 0.326 e. The summed E-state index contributed by atoms with van der Waals surface area (Å²) in [7, 11) is 1.42. The van der Waals surface area contributed by atoms with Crippen LogP contribution >= 0.6 is 0 Å². The van der Waals surface area contributed by atoms with E-state index in [2.05, 4.69) is 10.4 Å². The number of methoxy groups -OCH3 is 1. The lowest BCUT2D eigenvalue weighted by atomic mass is 10.1. The van der Waals surface area contributed by atoms with Crippen LogP contribution in [-0.4, -0.2) is 45.0 Å². The van der Waals surface area contributed by atoms with Gasteiger partial charge in [0.25, 0.3) is 11.5 Å². The molecule has 1 unspecified atom stereocenters. The Morgan fingerprint density at radius 3 is 2.67 bits per heavy atom. The number of hydrogen-bond donors (Lipinski definition) is 3. The summed E-state index contributed by atoms with van der Waals surface area (Å²) in [6, 6.07) is 6.26. The number of ether oxygens (including phenoxy) is 1. The Morgan fingerprint density at radius 2 is 2.04 bits per heavy atom. The molecule has 1 amide bonds. The number of para-hydroxylation sites is 2. The number of benzene rings is 1. The van der Waals surface area contributed by atoms with E-state index in [9.17, 15) is 24.6 Å². The first-order valence-corrected chi connectivity index (χ1v) is 8.39. The molecule has 1 aromatic carbocycles. The Kier molecular flexibility index (Phi) is 6.53. The highest BCUT2D eigenvalue weighted by Crippen LogP contribution is 2.21. The number of rotatable bonds is 8. The molecule has 0 saturated carbocycles.